The van der Waals surface area contributed by atoms with Gasteiger partial charge < -0.3 is 10.6 Å². The Morgan fingerprint density at radius 2 is 2.16 bits per heavy atom. The van der Waals surface area contributed by atoms with Crippen LogP contribution in [0.25, 0.3) is 10.6 Å². The minimum absolute atomic E-state index is 0. The summed E-state index contributed by atoms with van der Waals surface area (Å²) in [5.74, 6) is 0.572. The van der Waals surface area contributed by atoms with Crippen molar-refractivity contribution in [2.24, 2.45) is 0 Å². The standard InChI is InChI=1S/C18H24N4OS.ClH/c1-2-3-4-18(23)21-14-9-17(24-12-14)16-11-20-10-15(22-16)13-5-7-19-8-6-13;/h9-13,19H,2-8H2,1H3,(H,21,23);1H. The molecule has 2 aromatic rings. The van der Waals surface area contributed by atoms with Gasteiger partial charge in [-0.15, -0.1) is 23.7 Å². The summed E-state index contributed by atoms with van der Waals surface area (Å²) in [5, 5.41) is 8.31. The molecule has 1 fully saturated rings. The fourth-order valence-electron chi connectivity index (χ4n) is 2.91. The van der Waals surface area contributed by atoms with Crippen molar-refractivity contribution in [3.63, 3.8) is 0 Å². The molecule has 0 atom stereocenters. The van der Waals surface area contributed by atoms with Gasteiger partial charge in [0.15, 0.2) is 0 Å². The van der Waals surface area contributed by atoms with Gasteiger partial charge in [0, 0.05) is 23.9 Å². The maximum atomic E-state index is 11.8. The number of anilines is 1. The van der Waals surface area contributed by atoms with Crippen molar-refractivity contribution in [1.29, 1.82) is 0 Å². The summed E-state index contributed by atoms with van der Waals surface area (Å²) < 4.78 is 0. The largest absolute Gasteiger partial charge is 0.325 e. The Bertz CT molecular complexity index is 685. The number of nitrogens with zero attached hydrogens (tertiary/aromatic N) is 2. The van der Waals surface area contributed by atoms with Gasteiger partial charge in [0.2, 0.25) is 5.91 Å². The van der Waals surface area contributed by atoms with Gasteiger partial charge in [0.05, 0.1) is 28.1 Å². The highest BCUT2D eigenvalue weighted by Crippen LogP contribution is 2.30. The molecule has 1 aliphatic rings. The Hall–Kier alpha value is -1.50. The first kappa shape index (κ1) is 19.8. The Morgan fingerprint density at radius 3 is 2.92 bits per heavy atom. The molecule has 2 N–H and O–H groups in total. The van der Waals surface area contributed by atoms with Crippen LogP contribution in [0.5, 0.6) is 0 Å². The fraction of sp³-hybridized carbons (Fsp3) is 0.500. The van der Waals surface area contributed by atoms with Crippen molar-refractivity contribution in [3.8, 4) is 10.6 Å². The Morgan fingerprint density at radius 1 is 1.36 bits per heavy atom. The highest BCUT2D eigenvalue weighted by atomic mass is 35.5. The maximum Gasteiger partial charge on any atom is 0.224 e. The van der Waals surface area contributed by atoms with E-state index in [4.69, 9.17) is 4.98 Å². The number of carbonyl (C=O) groups excluding carboxylic acids is 1. The van der Waals surface area contributed by atoms with Crippen molar-refractivity contribution >= 4 is 35.3 Å². The third-order valence-electron chi connectivity index (χ3n) is 4.30. The smallest absolute Gasteiger partial charge is 0.224 e. The SMILES string of the molecule is CCCCC(=O)Nc1csc(-c2cncc(C3CCNCC3)n2)c1.Cl. The van der Waals surface area contributed by atoms with Crippen LogP contribution in [0.3, 0.4) is 0 Å². The van der Waals surface area contributed by atoms with Crippen molar-refractivity contribution in [2.45, 2.75) is 44.9 Å². The molecule has 2 aromatic heterocycles. The van der Waals surface area contributed by atoms with Crippen molar-refractivity contribution in [2.75, 3.05) is 18.4 Å². The topological polar surface area (TPSA) is 66.9 Å². The third-order valence-corrected chi connectivity index (χ3v) is 5.26. The molecule has 3 rings (SSSR count). The lowest BCUT2D eigenvalue weighted by atomic mass is 9.95. The van der Waals surface area contributed by atoms with Crippen molar-refractivity contribution < 1.29 is 4.79 Å². The fourth-order valence-corrected chi connectivity index (χ4v) is 3.71. The van der Waals surface area contributed by atoms with Crippen LogP contribution in [-0.4, -0.2) is 29.0 Å². The van der Waals surface area contributed by atoms with E-state index >= 15 is 0 Å². The summed E-state index contributed by atoms with van der Waals surface area (Å²) in [4.78, 5) is 22.1. The predicted octanol–water partition coefficient (Wildman–Crippen LogP) is 4.22. The van der Waals surface area contributed by atoms with Gasteiger partial charge in [-0.1, -0.05) is 13.3 Å². The van der Waals surface area contributed by atoms with Gasteiger partial charge in [-0.05, 0) is 38.4 Å². The number of halogens is 1. The molecule has 0 aliphatic carbocycles. The molecule has 1 amide bonds. The van der Waals surface area contributed by atoms with Gasteiger partial charge >= 0.3 is 0 Å². The number of hydrogen-bond acceptors (Lipinski definition) is 5. The highest BCUT2D eigenvalue weighted by molar-refractivity contribution is 7.14. The van der Waals surface area contributed by atoms with E-state index < -0.39 is 0 Å². The lowest BCUT2D eigenvalue weighted by molar-refractivity contribution is -0.116. The normalized spacial score (nSPS) is 14.8. The van der Waals surface area contributed by atoms with Crippen LogP contribution in [0.1, 0.15) is 50.6 Å². The quantitative estimate of drug-likeness (QED) is 0.787. The second kappa shape index (κ2) is 9.85. The summed E-state index contributed by atoms with van der Waals surface area (Å²) in [7, 11) is 0. The molecule has 136 valence electrons. The number of unbranched alkanes of at least 4 members (excludes halogenated alkanes) is 1. The second-order valence-corrected chi connectivity index (χ2v) is 7.12. The van der Waals surface area contributed by atoms with Crippen LogP contribution in [0.2, 0.25) is 0 Å². The predicted molar refractivity (Wildman–Crippen MR) is 106 cm³/mol. The molecule has 7 heteroatoms. The van der Waals surface area contributed by atoms with E-state index in [1.54, 1.807) is 17.5 Å². The average Bonchev–Trinajstić information content (AvgIpc) is 3.09. The van der Waals surface area contributed by atoms with Gasteiger partial charge in [-0.3, -0.25) is 9.78 Å². The number of rotatable bonds is 6. The third kappa shape index (κ3) is 5.49. The summed E-state index contributed by atoms with van der Waals surface area (Å²) in [6, 6.07) is 1.99. The molecule has 3 heterocycles. The zero-order chi connectivity index (χ0) is 16.8. The van der Waals surface area contributed by atoms with Gasteiger partial charge in [0.25, 0.3) is 0 Å². The molecular formula is C18H25ClN4OS. The molecule has 0 unspecified atom stereocenters. The van der Waals surface area contributed by atoms with E-state index in [1.165, 1.54) is 0 Å². The monoisotopic (exact) mass is 380 g/mol. The molecule has 1 saturated heterocycles. The minimum atomic E-state index is 0. The summed E-state index contributed by atoms with van der Waals surface area (Å²) in [6.07, 6.45) is 8.45. The number of aromatic nitrogens is 2. The van der Waals surface area contributed by atoms with Crippen LogP contribution < -0.4 is 10.6 Å². The lowest BCUT2D eigenvalue weighted by Gasteiger charge is -2.21. The maximum absolute atomic E-state index is 11.8. The molecule has 0 radical (unpaired) electrons. The number of nitrogens with one attached hydrogen (secondary N) is 2. The molecule has 1 aliphatic heterocycles. The van der Waals surface area contributed by atoms with Crippen LogP contribution >= 0.6 is 23.7 Å². The van der Waals surface area contributed by atoms with Gasteiger partial charge in [0.1, 0.15) is 0 Å². The molecule has 25 heavy (non-hydrogen) atoms. The highest BCUT2D eigenvalue weighted by Gasteiger charge is 2.17. The molecule has 0 saturated carbocycles. The Kier molecular flexibility index (Phi) is 7.81. The summed E-state index contributed by atoms with van der Waals surface area (Å²) in [6.45, 7) is 4.18. The van der Waals surface area contributed by atoms with Crippen molar-refractivity contribution in [1.82, 2.24) is 15.3 Å². The van der Waals surface area contributed by atoms with Crippen molar-refractivity contribution in [3.05, 3.63) is 29.5 Å². The van der Waals surface area contributed by atoms with Gasteiger partial charge in [-0.25, -0.2) is 4.98 Å². The first-order chi connectivity index (χ1) is 11.8. The van der Waals surface area contributed by atoms with E-state index in [1.807, 2.05) is 17.6 Å². The second-order valence-electron chi connectivity index (χ2n) is 6.20. The number of thiophene rings is 1. The number of hydrogen-bond donors (Lipinski definition) is 2. The number of carbonyl (C=O) groups is 1. The Balaban J connectivity index is 0.00000225. The summed E-state index contributed by atoms with van der Waals surface area (Å²) >= 11 is 1.59. The van der Waals surface area contributed by atoms with E-state index in [0.29, 0.717) is 12.3 Å². The van der Waals surface area contributed by atoms with Crippen LogP contribution in [0.4, 0.5) is 5.69 Å². The zero-order valence-corrected chi connectivity index (χ0v) is 16.1. The molecule has 0 aromatic carbocycles. The van der Waals surface area contributed by atoms with E-state index in [-0.39, 0.29) is 18.3 Å². The van der Waals surface area contributed by atoms with E-state index in [2.05, 4.69) is 22.5 Å². The van der Waals surface area contributed by atoms with Crippen LogP contribution in [0.15, 0.2) is 23.8 Å². The van der Waals surface area contributed by atoms with Gasteiger partial charge in [-0.2, -0.15) is 0 Å². The number of amides is 1. The Labute approximate surface area is 159 Å². The van der Waals surface area contributed by atoms with E-state index in [9.17, 15) is 4.79 Å². The van der Waals surface area contributed by atoms with Crippen LogP contribution in [0, 0.1) is 0 Å². The molecular weight excluding hydrogens is 356 g/mol. The lowest BCUT2D eigenvalue weighted by Crippen LogP contribution is -2.27. The molecule has 5 nitrogen and oxygen atoms in total. The van der Waals surface area contributed by atoms with Crippen LogP contribution in [-0.2, 0) is 4.79 Å². The first-order valence-corrected chi connectivity index (χ1v) is 9.55. The minimum Gasteiger partial charge on any atom is -0.325 e. The molecule has 0 spiro atoms. The van der Waals surface area contributed by atoms with E-state index in [0.717, 1.165) is 60.7 Å². The zero-order valence-electron chi connectivity index (χ0n) is 14.5. The number of piperidine rings is 1. The average molecular weight is 381 g/mol. The summed E-state index contributed by atoms with van der Waals surface area (Å²) in [5.41, 5.74) is 2.83. The first-order valence-electron chi connectivity index (χ1n) is 8.67. The molecule has 0 bridgehead atoms.